The smallest absolute Gasteiger partial charge is 0.241 e. The number of aliphatic hydroxyl groups excluding tert-OH is 1. The Hall–Kier alpha value is -1.44. The van der Waals surface area contributed by atoms with Crippen molar-refractivity contribution >= 4 is 21.6 Å². The molecule has 0 unspecified atom stereocenters. The van der Waals surface area contributed by atoms with Gasteiger partial charge in [-0.2, -0.15) is 0 Å². The van der Waals surface area contributed by atoms with Gasteiger partial charge in [-0.1, -0.05) is 13.0 Å². The van der Waals surface area contributed by atoms with Crippen LogP contribution in [0.3, 0.4) is 0 Å². The molecule has 0 aliphatic heterocycles. The van der Waals surface area contributed by atoms with Crippen LogP contribution in [0.5, 0.6) is 0 Å². The number of carbonyl (C=O) groups excluding carboxylic acids is 1. The molecule has 6 nitrogen and oxygen atoms in total. The summed E-state index contributed by atoms with van der Waals surface area (Å²) in [7, 11) is -3.73. The third-order valence-corrected chi connectivity index (χ3v) is 4.50. The van der Waals surface area contributed by atoms with Gasteiger partial charge in [-0.15, -0.1) is 0 Å². The maximum atomic E-state index is 12.3. The number of aryl methyl sites for hydroxylation is 1. The van der Waals surface area contributed by atoms with Crippen LogP contribution in [0.1, 0.15) is 25.8 Å². The largest absolute Gasteiger partial charge is 0.395 e. The number of amides is 1. The summed E-state index contributed by atoms with van der Waals surface area (Å²) in [5.74, 6) is -0.271. The maximum Gasteiger partial charge on any atom is 0.241 e. The van der Waals surface area contributed by atoms with Crippen LogP contribution in [-0.2, 0) is 14.8 Å². The molecule has 1 aromatic rings. The van der Waals surface area contributed by atoms with E-state index in [0.717, 1.165) is 0 Å². The van der Waals surface area contributed by atoms with Crippen LogP contribution in [0, 0.1) is 6.92 Å². The Morgan fingerprint density at radius 1 is 1.40 bits per heavy atom. The first kappa shape index (κ1) is 16.6. The average Bonchev–Trinajstić information content (AvgIpc) is 2.37. The number of hydrogen-bond donors (Lipinski definition) is 3. The summed E-state index contributed by atoms with van der Waals surface area (Å²) in [5, 5.41) is 11.6. The molecular formula is C13H20N2O4S. The van der Waals surface area contributed by atoms with Crippen LogP contribution >= 0.6 is 0 Å². The predicted molar refractivity (Wildman–Crippen MR) is 77.0 cm³/mol. The average molecular weight is 300 g/mol. The van der Waals surface area contributed by atoms with E-state index in [0.29, 0.717) is 17.7 Å². The van der Waals surface area contributed by atoms with Crippen molar-refractivity contribution in [1.82, 2.24) is 4.72 Å². The standard InChI is InChI=1S/C13H20N2O4S/c1-4-11(8-16)15-20(18,19)13-7-12(14-10(3)17)6-5-9(13)2/h5-7,11,15-16H,4,8H2,1-3H3,(H,14,17)/t11-/m0/s1. The van der Waals surface area contributed by atoms with Crippen molar-refractivity contribution in [3.63, 3.8) is 0 Å². The van der Waals surface area contributed by atoms with Gasteiger partial charge in [0.1, 0.15) is 0 Å². The van der Waals surface area contributed by atoms with E-state index in [1.165, 1.54) is 13.0 Å². The van der Waals surface area contributed by atoms with Gasteiger partial charge in [0.15, 0.2) is 0 Å². The second-order valence-corrected chi connectivity index (χ2v) is 6.25. The maximum absolute atomic E-state index is 12.3. The summed E-state index contributed by atoms with van der Waals surface area (Å²) in [6.07, 6.45) is 0.486. The summed E-state index contributed by atoms with van der Waals surface area (Å²) in [6.45, 7) is 4.54. The van der Waals surface area contributed by atoms with E-state index in [-0.39, 0.29) is 17.4 Å². The van der Waals surface area contributed by atoms with E-state index >= 15 is 0 Å². The van der Waals surface area contributed by atoms with Gasteiger partial charge in [0.2, 0.25) is 15.9 Å². The molecule has 1 rings (SSSR count). The van der Waals surface area contributed by atoms with Gasteiger partial charge in [0, 0.05) is 18.7 Å². The van der Waals surface area contributed by atoms with Crippen LogP contribution in [0.4, 0.5) is 5.69 Å². The van der Waals surface area contributed by atoms with Crippen molar-refractivity contribution in [2.45, 2.75) is 38.1 Å². The Bertz CT molecular complexity index is 580. The van der Waals surface area contributed by atoms with Gasteiger partial charge in [0.25, 0.3) is 0 Å². The van der Waals surface area contributed by atoms with Gasteiger partial charge in [-0.05, 0) is 31.0 Å². The minimum Gasteiger partial charge on any atom is -0.395 e. The van der Waals surface area contributed by atoms with Gasteiger partial charge >= 0.3 is 0 Å². The van der Waals surface area contributed by atoms with E-state index in [1.54, 1.807) is 26.0 Å². The summed E-state index contributed by atoms with van der Waals surface area (Å²) in [4.78, 5) is 11.1. The zero-order chi connectivity index (χ0) is 15.3. The van der Waals surface area contributed by atoms with Crippen molar-refractivity contribution in [3.05, 3.63) is 23.8 Å². The van der Waals surface area contributed by atoms with E-state index < -0.39 is 16.1 Å². The highest BCUT2D eigenvalue weighted by Crippen LogP contribution is 2.20. The van der Waals surface area contributed by atoms with Crippen molar-refractivity contribution in [2.75, 3.05) is 11.9 Å². The fraction of sp³-hybridized carbons (Fsp3) is 0.462. The molecule has 0 aromatic heterocycles. The van der Waals surface area contributed by atoms with Crippen LogP contribution in [-0.4, -0.2) is 32.1 Å². The molecule has 0 saturated heterocycles. The van der Waals surface area contributed by atoms with Gasteiger partial charge < -0.3 is 10.4 Å². The molecule has 1 aromatic carbocycles. The Balaban J connectivity index is 3.13. The molecule has 0 heterocycles. The molecule has 0 fully saturated rings. The molecule has 1 atom stereocenters. The monoisotopic (exact) mass is 300 g/mol. The Morgan fingerprint density at radius 3 is 2.55 bits per heavy atom. The van der Waals surface area contributed by atoms with Crippen LogP contribution in [0.25, 0.3) is 0 Å². The minimum atomic E-state index is -3.73. The second-order valence-electron chi connectivity index (χ2n) is 4.57. The molecule has 0 aliphatic rings. The summed E-state index contributed by atoms with van der Waals surface area (Å²) >= 11 is 0. The topological polar surface area (TPSA) is 95.5 Å². The van der Waals surface area contributed by atoms with E-state index in [1.807, 2.05) is 0 Å². The van der Waals surface area contributed by atoms with E-state index in [9.17, 15) is 13.2 Å². The number of sulfonamides is 1. The van der Waals surface area contributed by atoms with Gasteiger partial charge in [-0.3, -0.25) is 4.79 Å². The number of benzene rings is 1. The van der Waals surface area contributed by atoms with Crippen molar-refractivity contribution < 1.29 is 18.3 Å². The molecule has 0 bridgehead atoms. The quantitative estimate of drug-likeness (QED) is 0.730. The molecule has 0 saturated carbocycles. The number of rotatable bonds is 6. The van der Waals surface area contributed by atoms with Crippen molar-refractivity contribution in [3.8, 4) is 0 Å². The van der Waals surface area contributed by atoms with Crippen LogP contribution in [0.15, 0.2) is 23.1 Å². The van der Waals surface area contributed by atoms with Crippen molar-refractivity contribution in [2.24, 2.45) is 0 Å². The Morgan fingerprint density at radius 2 is 2.05 bits per heavy atom. The molecule has 20 heavy (non-hydrogen) atoms. The summed E-state index contributed by atoms with van der Waals surface area (Å²) < 4.78 is 27.0. The first-order valence-corrected chi connectivity index (χ1v) is 7.80. The molecular weight excluding hydrogens is 280 g/mol. The summed E-state index contributed by atoms with van der Waals surface area (Å²) in [5.41, 5.74) is 0.986. The van der Waals surface area contributed by atoms with Crippen molar-refractivity contribution in [1.29, 1.82) is 0 Å². The lowest BCUT2D eigenvalue weighted by Crippen LogP contribution is -2.37. The van der Waals surface area contributed by atoms with Crippen LogP contribution in [0.2, 0.25) is 0 Å². The van der Waals surface area contributed by atoms with Crippen LogP contribution < -0.4 is 10.0 Å². The molecule has 0 spiro atoms. The van der Waals surface area contributed by atoms with Gasteiger partial charge in [0.05, 0.1) is 11.5 Å². The predicted octanol–water partition coefficient (Wildman–Crippen LogP) is 1.00. The highest BCUT2D eigenvalue weighted by molar-refractivity contribution is 7.89. The highest BCUT2D eigenvalue weighted by atomic mass is 32.2. The number of anilines is 1. The third kappa shape index (κ3) is 4.29. The highest BCUT2D eigenvalue weighted by Gasteiger charge is 2.21. The lowest BCUT2D eigenvalue weighted by Gasteiger charge is -2.16. The molecule has 7 heteroatoms. The number of aliphatic hydroxyl groups is 1. The van der Waals surface area contributed by atoms with Gasteiger partial charge in [-0.25, -0.2) is 13.1 Å². The number of hydrogen-bond acceptors (Lipinski definition) is 4. The molecule has 0 radical (unpaired) electrons. The number of nitrogens with one attached hydrogen (secondary N) is 2. The first-order chi connectivity index (χ1) is 9.30. The fourth-order valence-electron chi connectivity index (χ4n) is 1.70. The minimum absolute atomic E-state index is 0.0932. The molecule has 112 valence electrons. The zero-order valence-corrected chi connectivity index (χ0v) is 12.6. The third-order valence-electron chi connectivity index (χ3n) is 2.83. The van der Waals surface area contributed by atoms with E-state index in [2.05, 4.69) is 10.0 Å². The molecule has 1 amide bonds. The lowest BCUT2D eigenvalue weighted by atomic mass is 10.2. The second kappa shape index (κ2) is 6.83. The first-order valence-electron chi connectivity index (χ1n) is 6.31. The van der Waals surface area contributed by atoms with E-state index in [4.69, 9.17) is 5.11 Å². The molecule has 0 aliphatic carbocycles. The normalized spacial score (nSPS) is 13.0. The molecule has 3 N–H and O–H groups in total. The Kier molecular flexibility index (Phi) is 5.67. The zero-order valence-electron chi connectivity index (χ0n) is 11.8. The Labute approximate surface area is 119 Å². The SMILES string of the molecule is CC[C@@H](CO)NS(=O)(=O)c1cc(NC(C)=O)ccc1C. The lowest BCUT2D eigenvalue weighted by molar-refractivity contribution is -0.114. The number of carbonyl (C=O) groups is 1. The summed E-state index contributed by atoms with van der Waals surface area (Å²) in [6, 6.07) is 4.14. The fourth-order valence-corrected chi connectivity index (χ4v) is 3.28.